The molecule has 1 N–H and O–H groups in total. The third-order valence-electron chi connectivity index (χ3n) is 4.29. The number of rotatable bonds is 4. The van der Waals surface area contributed by atoms with E-state index in [0.717, 1.165) is 22.3 Å². The first-order chi connectivity index (χ1) is 12.6. The van der Waals surface area contributed by atoms with E-state index in [9.17, 15) is 4.39 Å². The van der Waals surface area contributed by atoms with Gasteiger partial charge in [-0.15, -0.1) is 0 Å². The SMILES string of the molecule is Cc1cc(F)ccc1-c1nc(NCc2ccccc2)c2ncn(C)c2n1. The van der Waals surface area contributed by atoms with Gasteiger partial charge in [-0.1, -0.05) is 30.3 Å². The summed E-state index contributed by atoms with van der Waals surface area (Å²) in [6.07, 6.45) is 1.72. The topological polar surface area (TPSA) is 55.6 Å². The Morgan fingerprint density at radius 3 is 2.65 bits per heavy atom. The Hall–Kier alpha value is -3.28. The van der Waals surface area contributed by atoms with Crippen molar-refractivity contribution in [2.75, 3.05) is 5.32 Å². The summed E-state index contributed by atoms with van der Waals surface area (Å²) in [5.41, 5.74) is 4.19. The maximum Gasteiger partial charge on any atom is 0.165 e. The summed E-state index contributed by atoms with van der Waals surface area (Å²) >= 11 is 0. The van der Waals surface area contributed by atoms with Crippen LogP contribution in [-0.2, 0) is 13.6 Å². The third kappa shape index (κ3) is 3.01. The van der Waals surface area contributed by atoms with Crippen molar-refractivity contribution in [2.45, 2.75) is 13.5 Å². The van der Waals surface area contributed by atoms with Crippen LogP contribution in [0.1, 0.15) is 11.1 Å². The number of hydrogen-bond donors (Lipinski definition) is 1. The lowest BCUT2D eigenvalue weighted by molar-refractivity contribution is 0.627. The summed E-state index contributed by atoms with van der Waals surface area (Å²) in [6, 6.07) is 14.7. The van der Waals surface area contributed by atoms with E-state index in [-0.39, 0.29) is 5.82 Å². The quantitative estimate of drug-likeness (QED) is 0.604. The molecule has 5 nitrogen and oxygen atoms in total. The van der Waals surface area contributed by atoms with Gasteiger partial charge in [0.15, 0.2) is 17.3 Å². The van der Waals surface area contributed by atoms with Crippen LogP contribution in [-0.4, -0.2) is 19.5 Å². The first-order valence-electron chi connectivity index (χ1n) is 8.35. The van der Waals surface area contributed by atoms with Crippen molar-refractivity contribution in [1.29, 1.82) is 0 Å². The van der Waals surface area contributed by atoms with Crippen LogP contribution in [0.15, 0.2) is 54.9 Å². The fraction of sp³-hybridized carbons (Fsp3) is 0.150. The highest BCUT2D eigenvalue weighted by molar-refractivity contribution is 5.85. The zero-order valence-corrected chi connectivity index (χ0v) is 14.6. The monoisotopic (exact) mass is 347 g/mol. The molecule has 0 aliphatic heterocycles. The van der Waals surface area contributed by atoms with Crippen LogP contribution in [0.2, 0.25) is 0 Å². The van der Waals surface area contributed by atoms with Gasteiger partial charge in [0.25, 0.3) is 0 Å². The highest BCUT2D eigenvalue weighted by atomic mass is 19.1. The molecule has 0 saturated carbocycles. The number of benzene rings is 2. The van der Waals surface area contributed by atoms with Crippen LogP contribution in [0, 0.1) is 12.7 Å². The molecule has 0 fully saturated rings. The average Bonchev–Trinajstić information content (AvgIpc) is 3.02. The molecule has 0 aliphatic carbocycles. The second-order valence-electron chi connectivity index (χ2n) is 6.22. The molecule has 0 radical (unpaired) electrons. The lowest BCUT2D eigenvalue weighted by Gasteiger charge is -2.10. The smallest absolute Gasteiger partial charge is 0.165 e. The van der Waals surface area contributed by atoms with E-state index in [4.69, 9.17) is 0 Å². The molecule has 6 heteroatoms. The Labute approximate surface area is 150 Å². The normalized spacial score (nSPS) is 11.0. The van der Waals surface area contributed by atoms with Crippen LogP contribution in [0.4, 0.5) is 10.2 Å². The van der Waals surface area contributed by atoms with Crippen LogP contribution < -0.4 is 5.32 Å². The van der Waals surface area contributed by atoms with Crippen molar-refractivity contribution >= 4 is 17.0 Å². The maximum atomic E-state index is 13.5. The van der Waals surface area contributed by atoms with Gasteiger partial charge in [-0.05, 0) is 36.2 Å². The van der Waals surface area contributed by atoms with Gasteiger partial charge >= 0.3 is 0 Å². The molecule has 0 unspecified atom stereocenters. The lowest BCUT2D eigenvalue weighted by atomic mass is 10.1. The Balaban J connectivity index is 1.78. The van der Waals surface area contributed by atoms with Gasteiger partial charge in [-0.2, -0.15) is 0 Å². The van der Waals surface area contributed by atoms with E-state index in [2.05, 4.69) is 32.4 Å². The summed E-state index contributed by atoms with van der Waals surface area (Å²) in [7, 11) is 1.89. The first-order valence-corrected chi connectivity index (χ1v) is 8.35. The number of fused-ring (bicyclic) bond motifs is 1. The summed E-state index contributed by atoms with van der Waals surface area (Å²) in [5, 5.41) is 3.36. The highest BCUT2D eigenvalue weighted by Crippen LogP contribution is 2.26. The second kappa shape index (κ2) is 6.55. The van der Waals surface area contributed by atoms with Crippen molar-refractivity contribution in [3.8, 4) is 11.4 Å². The van der Waals surface area contributed by atoms with Crippen molar-refractivity contribution in [3.05, 3.63) is 71.8 Å². The predicted molar refractivity (Wildman–Crippen MR) is 100 cm³/mol. The summed E-state index contributed by atoms with van der Waals surface area (Å²) in [4.78, 5) is 13.7. The van der Waals surface area contributed by atoms with Gasteiger partial charge in [-0.25, -0.2) is 19.3 Å². The summed E-state index contributed by atoms with van der Waals surface area (Å²) < 4.78 is 15.3. The highest BCUT2D eigenvalue weighted by Gasteiger charge is 2.14. The molecule has 0 saturated heterocycles. The first kappa shape index (κ1) is 16.2. The fourth-order valence-electron chi connectivity index (χ4n) is 2.91. The molecule has 0 aliphatic rings. The third-order valence-corrected chi connectivity index (χ3v) is 4.29. The Kier molecular flexibility index (Phi) is 4.08. The number of nitrogens with one attached hydrogen (secondary N) is 1. The molecule has 0 amide bonds. The average molecular weight is 347 g/mol. The van der Waals surface area contributed by atoms with Crippen LogP contribution >= 0.6 is 0 Å². The van der Waals surface area contributed by atoms with Crippen LogP contribution in [0.5, 0.6) is 0 Å². The number of imidazole rings is 1. The van der Waals surface area contributed by atoms with Gasteiger partial charge in [-0.3, -0.25) is 0 Å². The molecular weight excluding hydrogens is 329 g/mol. The molecule has 0 bridgehead atoms. The fourth-order valence-corrected chi connectivity index (χ4v) is 2.91. The van der Waals surface area contributed by atoms with E-state index in [0.29, 0.717) is 23.7 Å². The second-order valence-corrected chi connectivity index (χ2v) is 6.22. The molecule has 26 heavy (non-hydrogen) atoms. The van der Waals surface area contributed by atoms with Crippen molar-refractivity contribution in [3.63, 3.8) is 0 Å². The molecule has 2 aromatic carbocycles. The minimum Gasteiger partial charge on any atom is -0.364 e. The lowest BCUT2D eigenvalue weighted by Crippen LogP contribution is -2.05. The van der Waals surface area contributed by atoms with E-state index < -0.39 is 0 Å². The molecule has 4 aromatic rings. The van der Waals surface area contributed by atoms with E-state index in [1.807, 2.05) is 36.7 Å². The van der Waals surface area contributed by atoms with Gasteiger partial charge in [0, 0.05) is 19.2 Å². The number of hydrogen-bond acceptors (Lipinski definition) is 4. The number of nitrogens with zero attached hydrogens (tertiary/aromatic N) is 4. The number of halogens is 1. The van der Waals surface area contributed by atoms with Crippen LogP contribution in [0.3, 0.4) is 0 Å². The van der Waals surface area contributed by atoms with E-state index >= 15 is 0 Å². The number of aromatic nitrogens is 4. The largest absolute Gasteiger partial charge is 0.364 e. The summed E-state index contributed by atoms with van der Waals surface area (Å²) in [6.45, 7) is 2.48. The minimum absolute atomic E-state index is 0.268. The molecular formula is C20H18FN5. The zero-order valence-electron chi connectivity index (χ0n) is 14.6. The van der Waals surface area contributed by atoms with Gasteiger partial charge in [0.05, 0.1) is 6.33 Å². The predicted octanol–water partition coefficient (Wildman–Crippen LogP) is 4.09. The Morgan fingerprint density at radius 2 is 1.88 bits per heavy atom. The van der Waals surface area contributed by atoms with Crippen molar-refractivity contribution in [1.82, 2.24) is 19.5 Å². The van der Waals surface area contributed by atoms with Crippen molar-refractivity contribution < 1.29 is 4.39 Å². The molecule has 0 spiro atoms. The molecule has 130 valence electrons. The Morgan fingerprint density at radius 1 is 1.08 bits per heavy atom. The molecule has 0 atom stereocenters. The van der Waals surface area contributed by atoms with Gasteiger partial charge in [0.2, 0.25) is 0 Å². The molecule has 2 aromatic heterocycles. The van der Waals surface area contributed by atoms with E-state index in [1.54, 1.807) is 12.4 Å². The van der Waals surface area contributed by atoms with Gasteiger partial charge in [0.1, 0.15) is 11.3 Å². The van der Waals surface area contributed by atoms with E-state index in [1.165, 1.54) is 12.1 Å². The number of aryl methyl sites for hydroxylation is 2. The minimum atomic E-state index is -0.268. The standard InChI is InChI=1S/C20H18FN5/c1-13-10-15(21)8-9-16(13)18-24-19(17-20(25-18)26(2)12-23-17)22-11-14-6-4-3-5-7-14/h3-10,12H,11H2,1-2H3,(H,22,24,25). The summed E-state index contributed by atoms with van der Waals surface area (Å²) in [5.74, 6) is 0.947. The molecule has 4 rings (SSSR count). The Bertz CT molecular complexity index is 1070. The number of anilines is 1. The molecule has 2 heterocycles. The maximum absolute atomic E-state index is 13.5. The van der Waals surface area contributed by atoms with Gasteiger partial charge < -0.3 is 9.88 Å². The van der Waals surface area contributed by atoms with Crippen LogP contribution in [0.25, 0.3) is 22.6 Å². The van der Waals surface area contributed by atoms with Crippen molar-refractivity contribution in [2.24, 2.45) is 7.05 Å². The zero-order chi connectivity index (χ0) is 18.1.